The van der Waals surface area contributed by atoms with Crippen LogP contribution in [0.4, 0.5) is 11.5 Å². The van der Waals surface area contributed by atoms with Crippen molar-refractivity contribution in [1.82, 2.24) is 9.78 Å². The Balaban J connectivity index is 2.24. The van der Waals surface area contributed by atoms with E-state index in [9.17, 15) is 0 Å². The number of aryl methyl sites for hydroxylation is 2. The first-order valence-electron chi connectivity index (χ1n) is 5.89. The van der Waals surface area contributed by atoms with Crippen molar-refractivity contribution in [3.8, 4) is 5.75 Å². The number of halogens is 1. The molecule has 0 saturated carbocycles. The topological polar surface area (TPSA) is 65.1 Å². The zero-order valence-corrected chi connectivity index (χ0v) is 12.0. The lowest BCUT2D eigenvalue weighted by Gasteiger charge is -2.12. The number of methoxy groups -OCH3 is 1. The van der Waals surface area contributed by atoms with E-state index in [1.165, 1.54) is 0 Å². The Labute approximate surface area is 117 Å². The average molecular weight is 281 g/mol. The monoisotopic (exact) mass is 280 g/mol. The Hall–Kier alpha value is -1.88. The minimum atomic E-state index is 0.520. The molecule has 0 aliphatic rings. The molecule has 0 spiro atoms. The molecule has 0 aliphatic heterocycles. The third-order valence-corrected chi connectivity index (χ3v) is 3.35. The van der Waals surface area contributed by atoms with Crippen LogP contribution in [0.2, 0.25) is 5.02 Å². The van der Waals surface area contributed by atoms with Gasteiger partial charge in [-0.2, -0.15) is 5.10 Å². The van der Waals surface area contributed by atoms with Crippen LogP contribution in [-0.2, 0) is 13.6 Å². The predicted octanol–water partition coefficient (Wildman–Crippen LogP) is 2.58. The first-order valence-corrected chi connectivity index (χ1v) is 6.26. The van der Waals surface area contributed by atoms with Gasteiger partial charge in [-0.05, 0) is 19.1 Å². The number of ether oxygens (including phenoxy) is 1. The van der Waals surface area contributed by atoms with E-state index in [-0.39, 0.29) is 0 Å². The molecule has 19 heavy (non-hydrogen) atoms. The number of nitrogens with zero attached hydrogens (tertiary/aromatic N) is 2. The van der Waals surface area contributed by atoms with Gasteiger partial charge in [-0.1, -0.05) is 17.7 Å². The summed E-state index contributed by atoms with van der Waals surface area (Å²) in [7, 11) is 3.47. The van der Waals surface area contributed by atoms with Gasteiger partial charge in [0.05, 0.1) is 18.5 Å². The van der Waals surface area contributed by atoms with Crippen LogP contribution in [0, 0.1) is 6.92 Å². The molecule has 0 fully saturated rings. The molecular formula is C13H17ClN4O. The van der Waals surface area contributed by atoms with Crippen LogP contribution in [0.3, 0.4) is 0 Å². The summed E-state index contributed by atoms with van der Waals surface area (Å²) in [5, 5.41) is 8.15. The van der Waals surface area contributed by atoms with Gasteiger partial charge in [0, 0.05) is 24.2 Å². The summed E-state index contributed by atoms with van der Waals surface area (Å²) >= 11 is 6.19. The van der Waals surface area contributed by atoms with Gasteiger partial charge in [0.1, 0.15) is 11.6 Å². The van der Waals surface area contributed by atoms with Gasteiger partial charge in [0.25, 0.3) is 0 Å². The molecule has 0 amide bonds. The van der Waals surface area contributed by atoms with Crippen LogP contribution >= 0.6 is 11.6 Å². The fourth-order valence-corrected chi connectivity index (χ4v) is 2.19. The Bertz CT molecular complexity index is 595. The summed E-state index contributed by atoms with van der Waals surface area (Å²) in [6.07, 6.45) is 0. The van der Waals surface area contributed by atoms with Crippen molar-refractivity contribution in [2.75, 3.05) is 18.2 Å². The fourth-order valence-electron chi connectivity index (χ4n) is 1.96. The molecule has 5 nitrogen and oxygen atoms in total. The molecule has 1 aromatic heterocycles. The van der Waals surface area contributed by atoms with Gasteiger partial charge in [-0.25, -0.2) is 0 Å². The third kappa shape index (κ3) is 2.61. The second kappa shape index (κ2) is 5.40. The summed E-state index contributed by atoms with van der Waals surface area (Å²) in [6.45, 7) is 2.39. The van der Waals surface area contributed by atoms with E-state index in [2.05, 4.69) is 10.4 Å². The Kier molecular flexibility index (Phi) is 3.85. The molecule has 1 aromatic carbocycles. The Morgan fingerprint density at radius 2 is 2.21 bits per heavy atom. The maximum absolute atomic E-state index is 6.19. The summed E-state index contributed by atoms with van der Waals surface area (Å²) in [5.41, 5.74) is 8.31. The van der Waals surface area contributed by atoms with Crippen LogP contribution in [0.25, 0.3) is 0 Å². The SMILES string of the molecule is COc1cccc(Cl)c1CNc1c(N)c(C)nn1C. The lowest BCUT2D eigenvalue weighted by Crippen LogP contribution is -2.07. The zero-order chi connectivity index (χ0) is 14.0. The second-order valence-electron chi connectivity index (χ2n) is 4.25. The second-order valence-corrected chi connectivity index (χ2v) is 4.65. The number of nitrogens with one attached hydrogen (secondary N) is 1. The molecule has 0 aliphatic carbocycles. The molecular weight excluding hydrogens is 264 g/mol. The molecule has 2 rings (SSSR count). The number of benzene rings is 1. The summed E-state index contributed by atoms with van der Waals surface area (Å²) in [6, 6.07) is 5.56. The van der Waals surface area contributed by atoms with E-state index in [4.69, 9.17) is 22.1 Å². The molecule has 0 bridgehead atoms. The zero-order valence-electron chi connectivity index (χ0n) is 11.2. The van der Waals surface area contributed by atoms with Gasteiger partial charge < -0.3 is 15.8 Å². The highest BCUT2D eigenvalue weighted by molar-refractivity contribution is 6.31. The number of nitrogen functional groups attached to an aromatic ring is 1. The van der Waals surface area contributed by atoms with E-state index >= 15 is 0 Å². The highest BCUT2D eigenvalue weighted by atomic mass is 35.5. The molecule has 0 radical (unpaired) electrons. The summed E-state index contributed by atoms with van der Waals surface area (Å²) in [4.78, 5) is 0. The maximum Gasteiger partial charge on any atom is 0.148 e. The normalized spacial score (nSPS) is 10.5. The van der Waals surface area contributed by atoms with Crippen molar-refractivity contribution < 1.29 is 4.74 Å². The molecule has 0 atom stereocenters. The standard InChI is InChI=1S/C13H17ClN4O/c1-8-12(15)13(18(2)17-8)16-7-9-10(14)5-4-6-11(9)19-3/h4-6,16H,7,15H2,1-3H3. The third-order valence-electron chi connectivity index (χ3n) is 3.00. The first kappa shape index (κ1) is 13.5. The average Bonchev–Trinajstić information content (AvgIpc) is 2.62. The van der Waals surface area contributed by atoms with Crippen molar-refractivity contribution in [1.29, 1.82) is 0 Å². The van der Waals surface area contributed by atoms with E-state index in [1.54, 1.807) is 11.8 Å². The lowest BCUT2D eigenvalue weighted by molar-refractivity contribution is 0.410. The van der Waals surface area contributed by atoms with E-state index in [0.29, 0.717) is 17.3 Å². The molecule has 0 unspecified atom stereocenters. The van der Waals surface area contributed by atoms with Gasteiger partial charge >= 0.3 is 0 Å². The largest absolute Gasteiger partial charge is 0.496 e. The minimum absolute atomic E-state index is 0.520. The van der Waals surface area contributed by atoms with Crippen molar-refractivity contribution in [3.63, 3.8) is 0 Å². The smallest absolute Gasteiger partial charge is 0.148 e. The van der Waals surface area contributed by atoms with Crippen LogP contribution in [0.5, 0.6) is 5.75 Å². The lowest BCUT2D eigenvalue weighted by atomic mass is 10.2. The van der Waals surface area contributed by atoms with Gasteiger partial charge in [0.15, 0.2) is 0 Å². The van der Waals surface area contributed by atoms with Gasteiger partial charge in [0.2, 0.25) is 0 Å². The van der Waals surface area contributed by atoms with Gasteiger partial charge in [-0.3, -0.25) is 4.68 Å². The van der Waals surface area contributed by atoms with Crippen molar-refractivity contribution in [2.24, 2.45) is 7.05 Å². The number of hydrogen-bond acceptors (Lipinski definition) is 4. The number of hydrogen-bond donors (Lipinski definition) is 2. The fraction of sp³-hybridized carbons (Fsp3) is 0.308. The molecule has 0 saturated heterocycles. The first-order chi connectivity index (χ1) is 9.04. The number of aromatic nitrogens is 2. The molecule has 102 valence electrons. The quantitative estimate of drug-likeness (QED) is 0.903. The number of nitrogens with two attached hydrogens (primary N) is 1. The van der Waals surface area contributed by atoms with Crippen LogP contribution < -0.4 is 15.8 Å². The highest BCUT2D eigenvalue weighted by Gasteiger charge is 2.12. The van der Waals surface area contributed by atoms with Crippen molar-refractivity contribution in [3.05, 3.63) is 34.5 Å². The van der Waals surface area contributed by atoms with Gasteiger partial charge in [-0.15, -0.1) is 0 Å². The molecule has 1 heterocycles. The number of anilines is 2. The molecule has 3 N–H and O–H groups in total. The Morgan fingerprint density at radius 1 is 1.47 bits per heavy atom. The molecule has 6 heteroatoms. The number of rotatable bonds is 4. The van der Waals surface area contributed by atoms with Crippen molar-refractivity contribution >= 4 is 23.1 Å². The minimum Gasteiger partial charge on any atom is -0.496 e. The molecule has 2 aromatic rings. The van der Waals surface area contributed by atoms with E-state index < -0.39 is 0 Å². The Morgan fingerprint density at radius 3 is 2.79 bits per heavy atom. The van der Waals surface area contributed by atoms with Crippen molar-refractivity contribution in [2.45, 2.75) is 13.5 Å². The van der Waals surface area contributed by atoms with Crippen LogP contribution in [-0.4, -0.2) is 16.9 Å². The van der Waals surface area contributed by atoms with Crippen LogP contribution in [0.15, 0.2) is 18.2 Å². The summed E-state index contributed by atoms with van der Waals surface area (Å²) < 4.78 is 7.02. The van der Waals surface area contributed by atoms with E-state index in [0.717, 1.165) is 22.8 Å². The van der Waals surface area contributed by atoms with Crippen LogP contribution in [0.1, 0.15) is 11.3 Å². The summed E-state index contributed by atoms with van der Waals surface area (Å²) in [5.74, 6) is 1.52. The maximum atomic E-state index is 6.19. The van der Waals surface area contributed by atoms with E-state index in [1.807, 2.05) is 32.2 Å². The highest BCUT2D eigenvalue weighted by Crippen LogP contribution is 2.28. The predicted molar refractivity (Wildman–Crippen MR) is 77.7 cm³/mol.